The van der Waals surface area contributed by atoms with E-state index in [0.717, 1.165) is 24.0 Å². The number of nitrogens with one attached hydrogen (secondary N) is 1. The van der Waals surface area contributed by atoms with Crippen LogP contribution in [0.2, 0.25) is 0 Å². The molecule has 4 rings (SSSR count). The quantitative estimate of drug-likeness (QED) is 0.493. The number of benzene rings is 3. The molecule has 7 nitrogen and oxygen atoms in total. The van der Waals surface area contributed by atoms with Gasteiger partial charge >= 0.3 is 0 Å². The number of carbonyl (C=O) groups is 1. The second-order valence-corrected chi connectivity index (χ2v) is 13.0. The Morgan fingerprint density at radius 3 is 2.17 bits per heavy atom. The third-order valence-corrected chi connectivity index (χ3v) is 8.88. The van der Waals surface area contributed by atoms with Crippen molar-refractivity contribution in [3.8, 4) is 0 Å². The molecule has 1 fully saturated rings. The molecule has 9 heteroatoms. The Morgan fingerprint density at radius 2 is 1.56 bits per heavy atom. The molecule has 190 valence electrons. The van der Waals surface area contributed by atoms with Gasteiger partial charge in [0.2, 0.25) is 10.0 Å². The van der Waals surface area contributed by atoms with E-state index in [1.54, 1.807) is 66.4 Å². The summed E-state index contributed by atoms with van der Waals surface area (Å²) in [6.45, 7) is 2.94. The summed E-state index contributed by atoms with van der Waals surface area (Å²) in [5.41, 5.74) is 3.33. The van der Waals surface area contributed by atoms with E-state index in [4.69, 9.17) is 0 Å². The van der Waals surface area contributed by atoms with Crippen molar-refractivity contribution in [3.63, 3.8) is 0 Å². The number of carbonyl (C=O) groups excluding carboxylic acids is 1. The van der Waals surface area contributed by atoms with Gasteiger partial charge in [0.15, 0.2) is 9.84 Å². The van der Waals surface area contributed by atoms with Crippen LogP contribution in [0.15, 0.2) is 77.7 Å². The van der Waals surface area contributed by atoms with E-state index in [1.807, 2.05) is 18.2 Å². The monoisotopic (exact) mass is 526 g/mol. The van der Waals surface area contributed by atoms with E-state index < -0.39 is 19.9 Å². The first-order valence-corrected chi connectivity index (χ1v) is 15.3. The lowest BCUT2D eigenvalue weighted by Gasteiger charge is -2.32. The lowest BCUT2D eigenvalue weighted by atomic mass is 9.89. The van der Waals surface area contributed by atoms with Crippen LogP contribution >= 0.6 is 0 Å². The number of anilines is 1. The largest absolute Gasteiger partial charge is 0.339 e. The Balaban J connectivity index is 1.41. The number of aryl methyl sites for hydroxylation is 1. The summed E-state index contributed by atoms with van der Waals surface area (Å²) in [5.74, 6) is -0.0326. The van der Waals surface area contributed by atoms with E-state index >= 15 is 0 Å². The number of hydrogen-bond donors (Lipinski definition) is 1. The van der Waals surface area contributed by atoms with E-state index in [2.05, 4.69) is 4.72 Å². The highest BCUT2D eigenvalue weighted by atomic mass is 32.2. The van der Waals surface area contributed by atoms with Gasteiger partial charge < -0.3 is 4.90 Å². The molecule has 3 aromatic rings. The summed E-state index contributed by atoms with van der Waals surface area (Å²) in [7, 11) is -6.87. The molecule has 0 bridgehead atoms. The van der Waals surface area contributed by atoms with E-state index in [9.17, 15) is 21.6 Å². The van der Waals surface area contributed by atoms with Crippen LogP contribution in [0.4, 0.5) is 5.69 Å². The highest BCUT2D eigenvalue weighted by Crippen LogP contribution is 2.30. The molecule has 36 heavy (non-hydrogen) atoms. The lowest BCUT2D eigenvalue weighted by molar-refractivity contribution is 0.0713. The molecule has 0 radical (unpaired) electrons. The van der Waals surface area contributed by atoms with Gasteiger partial charge in [-0.05, 0) is 66.6 Å². The maximum absolute atomic E-state index is 13.2. The van der Waals surface area contributed by atoms with Crippen molar-refractivity contribution in [1.82, 2.24) is 4.90 Å². The Kier molecular flexibility index (Phi) is 7.51. The second kappa shape index (κ2) is 10.4. The van der Waals surface area contributed by atoms with Crippen molar-refractivity contribution < 1.29 is 21.6 Å². The highest BCUT2D eigenvalue weighted by molar-refractivity contribution is 7.92. The maximum atomic E-state index is 13.2. The Labute approximate surface area is 213 Å². The molecule has 1 aliphatic heterocycles. The van der Waals surface area contributed by atoms with Crippen LogP contribution in [0, 0.1) is 6.92 Å². The van der Waals surface area contributed by atoms with Gasteiger partial charge in [-0.1, -0.05) is 48.5 Å². The van der Waals surface area contributed by atoms with E-state index in [0.29, 0.717) is 34.8 Å². The summed E-state index contributed by atoms with van der Waals surface area (Å²) >= 11 is 0. The van der Waals surface area contributed by atoms with Gasteiger partial charge in [-0.3, -0.25) is 9.52 Å². The Morgan fingerprint density at radius 1 is 0.917 bits per heavy atom. The number of piperidine rings is 1. The zero-order valence-electron chi connectivity index (χ0n) is 20.3. The standard InChI is InChI=1S/C27H30N2O5S2/c1-20-8-9-24(18-26(20)28-36(33,34)19-21-6-4-3-5-7-21)27(30)29-16-14-23(15-17-29)22-10-12-25(13-11-22)35(2,31)32/h3-13,18,23,28H,14-17,19H2,1-2H3. The lowest BCUT2D eigenvalue weighted by Crippen LogP contribution is -2.38. The van der Waals surface area contributed by atoms with Crippen molar-refractivity contribution in [2.24, 2.45) is 0 Å². The van der Waals surface area contributed by atoms with Gasteiger partial charge in [0.25, 0.3) is 5.91 Å². The van der Waals surface area contributed by atoms with Gasteiger partial charge in [0, 0.05) is 24.9 Å². The average Bonchev–Trinajstić information content (AvgIpc) is 2.85. The smallest absolute Gasteiger partial charge is 0.253 e. The van der Waals surface area contributed by atoms with Crippen LogP contribution < -0.4 is 4.72 Å². The predicted octanol–water partition coefficient (Wildman–Crippen LogP) is 4.36. The van der Waals surface area contributed by atoms with Crippen LogP contribution in [-0.4, -0.2) is 47.0 Å². The molecule has 1 heterocycles. The van der Waals surface area contributed by atoms with E-state index in [1.165, 1.54) is 6.26 Å². The Bertz CT molecular complexity index is 1440. The third-order valence-electron chi connectivity index (χ3n) is 6.51. The predicted molar refractivity (Wildman–Crippen MR) is 141 cm³/mol. The SMILES string of the molecule is Cc1ccc(C(=O)N2CCC(c3ccc(S(C)(=O)=O)cc3)CC2)cc1NS(=O)(=O)Cc1ccccc1. The molecule has 1 saturated heterocycles. The molecule has 1 aliphatic rings. The molecule has 0 atom stereocenters. The molecule has 1 N–H and O–H groups in total. The Hall–Kier alpha value is -3.17. The summed E-state index contributed by atoms with van der Waals surface area (Å²) in [6, 6.07) is 21.0. The molecule has 3 aromatic carbocycles. The zero-order chi connectivity index (χ0) is 25.9. The minimum absolute atomic E-state index is 0.135. The normalized spacial score (nSPS) is 15.0. The molecule has 1 amide bonds. The minimum Gasteiger partial charge on any atom is -0.339 e. The first kappa shape index (κ1) is 25.9. The first-order chi connectivity index (χ1) is 17.0. The van der Waals surface area contributed by atoms with Crippen LogP contribution in [0.3, 0.4) is 0 Å². The number of amides is 1. The molecular formula is C27H30N2O5S2. The molecule has 0 spiro atoms. The van der Waals surface area contributed by atoms with Crippen molar-refractivity contribution in [2.45, 2.75) is 36.3 Å². The zero-order valence-corrected chi connectivity index (χ0v) is 22.0. The van der Waals surface area contributed by atoms with Crippen molar-refractivity contribution in [2.75, 3.05) is 24.1 Å². The van der Waals surface area contributed by atoms with Crippen molar-refractivity contribution >= 4 is 31.5 Å². The molecule has 0 aliphatic carbocycles. The minimum atomic E-state index is -3.64. The molecular weight excluding hydrogens is 496 g/mol. The molecule has 0 aromatic heterocycles. The average molecular weight is 527 g/mol. The summed E-state index contributed by atoms with van der Waals surface area (Å²) < 4.78 is 51.4. The van der Waals surface area contributed by atoms with Gasteiger partial charge in [-0.25, -0.2) is 16.8 Å². The number of sulfonamides is 1. The third kappa shape index (κ3) is 6.33. The van der Waals surface area contributed by atoms with Gasteiger partial charge in [-0.15, -0.1) is 0 Å². The number of nitrogens with zero attached hydrogens (tertiary/aromatic N) is 1. The first-order valence-electron chi connectivity index (χ1n) is 11.8. The van der Waals surface area contributed by atoms with Crippen molar-refractivity contribution in [3.05, 3.63) is 95.1 Å². The number of likely N-dealkylation sites (tertiary alicyclic amines) is 1. The van der Waals surface area contributed by atoms with Crippen molar-refractivity contribution in [1.29, 1.82) is 0 Å². The number of rotatable bonds is 7. The van der Waals surface area contributed by atoms with Crippen LogP contribution in [-0.2, 0) is 25.6 Å². The van der Waals surface area contributed by atoms with Crippen LogP contribution in [0.5, 0.6) is 0 Å². The van der Waals surface area contributed by atoms with E-state index in [-0.39, 0.29) is 17.6 Å². The highest BCUT2D eigenvalue weighted by Gasteiger charge is 2.25. The van der Waals surface area contributed by atoms with Crippen LogP contribution in [0.25, 0.3) is 0 Å². The number of sulfone groups is 1. The fourth-order valence-corrected chi connectivity index (χ4v) is 6.34. The van der Waals surface area contributed by atoms with Crippen LogP contribution in [0.1, 0.15) is 45.8 Å². The fraction of sp³-hybridized carbons (Fsp3) is 0.296. The van der Waals surface area contributed by atoms with Gasteiger partial charge in [0.1, 0.15) is 0 Å². The molecule has 0 saturated carbocycles. The van der Waals surface area contributed by atoms with Gasteiger partial charge in [-0.2, -0.15) is 0 Å². The summed E-state index contributed by atoms with van der Waals surface area (Å²) in [6.07, 6.45) is 2.73. The fourth-order valence-electron chi connectivity index (χ4n) is 4.45. The summed E-state index contributed by atoms with van der Waals surface area (Å²) in [4.78, 5) is 15.3. The van der Waals surface area contributed by atoms with Gasteiger partial charge in [0.05, 0.1) is 16.3 Å². The topological polar surface area (TPSA) is 101 Å². The number of hydrogen-bond acceptors (Lipinski definition) is 5. The molecule has 0 unspecified atom stereocenters. The maximum Gasteiger partial charge on any atom is 0.253 e. The second-order valence-electron chi connectivity index (χ2n) is 9.28. The summed E-state index contributed by atoms with van der Waals surface area (Å²) in [5, 5.41) is 0.